The first kappa shape index (κ1) is 14.6. The van der Waals surface area contributed by atoms with Gasteiger partial charge in [0.25, 0.3) is 0 Å². The molecule has 0 spiro atoms. The van der Waals surface area contributed by atoms with E-state index < -0.39 is 0 Å². The van der Waals surface area contributed by atoms with Gasteiger partial charge in [0.1, 0.15) is 12.4 Å². The minimum Gasteiger partial charge on any atom is -0.490 e. The van der Waals surface area contributed by atoms with Crippen LogP contribution in [-0.2, 0) is 19.3 Å². The van der Waals surface area contributed by atoms with Crippen LogP contribution < -0.4 is 15.0 Å². The van der Waals surface area contributed by atoms with Crippen LogP contribution in [0.3, 0.4) is 0 Å². The highest BCUT2D eigenvalue weighted by molar-refractivity contribution is 5.69. The number of rotatable bonds is 4. The van der Waals surface area contributed by atoms with Gasteiger partial charge >= 0.3 is 0 Å². The Hall–Kier alpha value is -1.29. The largest absolute Gasteiger partial charge is 0.490 e. The molecule has 0 fully saturated rings. The fourth-order valence-corrected chi connectivity index (χ4v) is 3.58. The lowest BCUT2D eigenvalue weighted by atomic mass is 9.92. The van der Waals surface area contributed by atoms with E-state index in [1.54, 1.807) is 0 Å². The van der Waals surface area contributed by atoms with Gasteiger partial charge in [-0.2, -0.15) is 0 Å². The zero-order chi connectivity index (χ0) is 14.7. The molecule has 0 saturated heterocycles. The Labute approximate surface area is 126 Å². The third-order valence-corrected chi connectivity index (χ3v) is 4.55. The van der Waals surface area contributed by atoms with Crippen LogP contribution in [0.15, 0.2) is 6.07 Å². The molecule has 21 heavy (non-hydrogen) atoms. The minimum absolute atomic E-state index is 0.247. The second-order valence-electron chi connectivity index (χ2n) is 5.82. The summed E-state index contributed by atoms with van der Waals surface area (Å²) in [6.45, 7) is 6.43. The Morgan fingerprint density at radius 3 is 3.00 bits per heavy atom. The summed E-state index contributed by atoms with van der Waals surface area (Å²) in [4.78, 5) is 2.33. The predicted octanol–water partition coefficient (Wildman–Crippen LogP) is 2.50. The van der Waals surface area contributed by atoms with Crippen molar-refractivity contribution in [3.8, 4) is 5.75 Å². The first-order valence-electron chi connectivity index (χ1n) is 8.17. The zero-order valence-electron chi connectivity index (χ0n) is 12.9. The summed E-state index contributed by atoms with van der Waals surface area (Å²) in [6.07, 6.45) is 3.77. The molecule has 1 N–H and O–H groups in total. The van der Waals surface area contributed by atoms with Gasteiger partial charge in [-0.05, 0) is 61.5 Å². The second-order valence-corrected chi connectivity index (χ2v) is 5.82. The van der Waals surface area contributed by atoms with E-state index in [9.17, 15) is 4.39 Å². The van der Waals surface area contributed by atoms with Gasteiger partial charge in [0.2, 0.25) is 0 Å². The molecule has 2 aliphatic heterocycles. The summed E-state index contributed by atoms with van der Waals surface area (Å²) in [6, 6.07) is 2.23. The first-order chi connectivity index (χ1) is 10.3. The molecule has 0 aliphatic carbocycles. The Kier molecular flexibility index (Phi) is 4.63. The maximum absolute atomic E-state index is 12.6. The van der Waals surface area contributed by atoms with Crippen molar-refractivity contribution in [1.29, 1.82) is 0 Å². The molecule has 2 heterocycles. The number of hydrogen-bond donors (Lipinski definition) is 1. The van der Waals surface area contributed by atoms with Crippen LogP contribution in [0, 0.1) is 0 Å². The Morgan fingerprint density at radius 2 is 2.19 bits per heavy atom. The maximum atomic E-state index is 12.6. The van der Waals surface area contributed by atoms with Gasteiger partial charge in [-0.3, -0.25) is 4.39 Å². The van der Waals surface area contributed by atoms with E-state index in [1.807, 2.05) is 0 Å². The summed E-state index contributed by atoms with van der Waals surface area (Å²) in [7, 11) is 0. The zero-order valence-corrected chi connectivity index (χ0v) is 12.9. The van der Waals surface area contributed by atoms with Crippen molar-refractivity contribution in [2.45, 2.75) is 32.6 Å². The summed E-state index contributed by atoms with van der Waals surface area (Å²) >= 11 is 0. The fraction of sp³-hybridized carbons (Fsp3) is 0.647. The summed E-state index contributed by atoms with van der Waals surface area (Å²) in [5.41, 5.74) is 5.59. The normalized spacial score (nSPS) is 17.7. The van der Waals surface area contributed by atoms with Gasteiger partial charge < -0.3 is 15.0 Å². The third kappa shape index (κ3) is 2.86. The molecule has 1 aromatic carbocycles. The molecule has 0 radical (unpaired) electrons. The molecular weight excluding hydrogens is 267 g/mol. The van der Waals surface area contributed by atoms with Crippen LogP contribution in [0.2, 0.25) is 0 Å². The molecule has 1 aromatic rings. The SMILES string of the molecule is CCc1c2c(cc3c1N(CCCF)CCO3)CCNCC2. The third-order valence-electron chi connectivity index (χ3n) is 4.55. The molecule has 0 aromatic heterocycles. The number of nitrogens with one attached hydrogen (secondary N) is 1. The molecular formula is C17H25FN2O. The number of nitrogens with zero attached hydrogens (tertiary/aromatic N) is 1. The highest BCUT2D eigenvalue weighted by Gasteiger charge is 2.25. The lowest BCUT2D eigenvalue weighted by Gasteiger charge is -2.34. The molecule has 0 atom stereocenters. The quantitative estimate of drug-likeness (QED) is 0.923. The lowest BCUT2D eigenvalue weighted by molar-refractivity contribution is 0.304. The van der Waals surface area contributed by atoms with E-state index >= 15 is 0 Å². The molecule has 116 valence electrons. The minimum atomic E-state index is -0.247. The van der Waals surface area contributed by atoms with Crippen molar-refractivity contribution in [1.82, 2.24) is 5.32 Å². The van der Waals surface area contributed by atoms with Crippen LogP contribution in [0.5, 0.6) is 5.75 Å². The highest BCUT2D eigenvalue weighted by atomic mass is 19.1. The summed E-state index contributed by atoms with van der Waals surface area (Å²) in [5, 5.41) is 3.48. The number of benzene rings is 1. The predicted molar refractivity (Wildman–Crippen MR) is 84.4 cm³/mol. The number of anilines is 1. The van der Waals surface area contributed by atoms with Crippen molar-refractivity contribution in [3.05, 3.63) is 22.8 Å². The maximum Gasteiger partial charge on any atom is 0.143 e. The molecule has 0 bridgehead atoms. The number of ether oxygens (including phenoxy) is 1. The summed E-state index contributed by atoms with van der Waals surface area (Å²) in [5.74, 6) is 1.01. The van der Waals surface area contributed by atoms with Gasteiger partial charge in [0.05, 0.1) is 18.9 Å². The van der Waals surface area contributed by atoms with Crippen molar-refractivity contribution in [2.75, 3.05) is 44.4 Å². The number of alkyl halides is 1. The summed E-state index contributed by atoms with van der Waals surface area (Å²) < 4.78 is 18.5. The lowest BCUT2D eigenvalue weighted by Crippen LogP contribution is -2.35. The van der Waals surface area contributed by atoms with Gasteiger partial charge in [0, 0.05) is 6.54 Å². The average molecular weight is 292 g/mol. The van der Waals surface area contributed by atoms with E-state index in [2.05, 4.69) is 23.2 Å². The van der Waals surface area contributed by atoms with Crippen molar-refractivity contribution in [2.24, 2.45) is 0 Å². The van der Waals surface area contributed by atoms with Crippen molar-refractivity contribution >= 4 is 5.69 Å². The van der Waals surface area contributed by atoms with Crippen LogP contribution in [0.25, 0.3) is 0 Å². The number of halogens is 1. The highest BCUT2D eigenvalue weighted by Crippen LogP contribution is 2.40. The number of fused-ring (bicyclic) bond motifs is 2. The second kappa shape index (κ2) is 6.65. The van der Waals surface area contributed by atoms with Gasteiger partial charge in [-0.1, -0.05) is 6.92 Å². The van der Waals surface area contributed by atoms with Crippen LogP contribution in [0.1, 0.15) is 30.0 Å². The van der Waals surface area contributed by atoms with E-state index in [4.69, 9.17) is 4.74 Å². The molecule has 0 unspecified atom stereocenters. The standard InChI is InChI=1S/C17H25FN2O/c1-2-14-15-5-8-19-7-4-13(15)12-16-17(14)20(9-3-6-18)10-11-21-16/h12,19H,2-11H2,1H3. The average Bonchev–Trinajstić information content (AvgIpc) is 2.75. The monoisotopic (exact) mass is 292 g/mol. The van der Waals surface area contributed by atoms with Gasteiger partial charge in [-0.15, -0.1) is 0 Å². The van der Waals surface area contributed by atoms with E-state index in [0.29, 0.717) is 13.0 Å². The Balaban J connectivity index is 2.04. The van der Waals surface area contributed by atoms with Crippen LogP contribution in [0.4, 0.5) is 10.1 Å². The Morgan fingerprint density at radius 1 is 1.33 bits per heavy atom. The van der Waals surface area contributed by atoms with E-state index in [1.165, 1.54) is 22.4 Å². The van der Waals surface area contributed by atoms with Gasteiger partial charge in [0.15, 0.2) is 0 Å². The molecule has 3 rings (SSSR count). The van der Waals surface area contributed by atoms with Crippen LogP contribution in [-0.4, -0.2) is 39.5 Å². The molecule has 4 heteroatoms. The van der Waals surface area contributed by atoms with E-state index in [0.717, 1.165) is 51.2 Å². The first-order valence-corrected chi connectivity index (χ1v) is 8.17. The number of hydrogen-bond acceptors (Lipinski definition) is 3. The van der Waals surface area contributed by atoms with Crippen molar-refractivity contribution < 1.29 is 9.13 Å². The molecule has 3 nitrogen and oxygen atoms in total. The fourth-order valence-electron chi connectivity index (χ4n) is 3.58. The van der Waals surface area contributed by atoms with Crippen molar-refractivity contribution in [3.63, 3.8) is 0 Å². The smallest absolute Gasteiger partial charge is 0.143 e. The topological polar surface area (TPSA) is 24.5 Å². The molecule has 0 saturated carbocycles. The molecule has 0 amide bonds. The van der Waals surface area contributed by atoms with E-state index in [-0.39, 0.29) is 6.67 Å². The van der Waals surface area contributed by atoms with Gasteiger partial charge in [-0.25, -0.2) is 0 Å². The molecule has 2 aliphatic rings. The Bertz CT molecular complexity index is 504. The van der Waals surface area contributed by atoms with Crippen LogP contribution >= 0.6 is 0 Å².